The fourth-order valence-corrected chi connectivity index (χ4v) is 0.988. The van der Waals surface area contributed by atoms with E-state index in [0.717, 1.165) is 6.54 Å². The molecule has 0 aliphatic heterocycles. The van der Waals surface area contributed by atoms with E-state index in [-0.39, 0.29) is 12.2 Å². The highest BCUT2D eigenvalue weighted by Crippen LogP contribution is 2.00. The van der Waals surface area contributed by atoms with Crippen molar-refractivity contribution in [1.82, 2.24) is 5.32 Å². The number of hydrogen-bond acceptors (Lipinski definition) is 3. The highest BCUT2D eigenvalue weighted by molar-refractivity contribution is 7.09. The van der Waals surface area contributed by atoms with Crippen LogP contribution >= 0.6 is 9.47 Å². The Balaban J connectivity index is 3.51. The predicted octanol–water partition coefficient (Wildman–Crippen LogP) is 1.58. The number of nitrogens with one attached hydrogen (secondary N) is 1. The van der Waals surface area contributed by atoms with Gasteiger partial charge in [0.15, 0.2) is 0 Å². The lowest BCUT2D eigenvalue weighted by Gasteiger charge is -2.18. The van der Waals surface area contributed by atoms with Crippen molar-refractivity contribution < 1.29 is 9.26 Å². The van der Waals surface area contributed by atoms with Gasteiger partial charge in [0.25, 0.3) is 0 Å². The Kier molecular flexibility index (Phi) is 7.87. The van der Waals surface area contributed by atoms with Gasteiger partial charge in [-0.25, -0.2) is 0 Å². The van der Waals surface area contributed by atoms with E-state index in [9.17, 15) is 0 Å². The lowest BCUT2D eigenvalue weighted by atomic mass is 10.3. The maximum absolute atomic E-state index is 5.45. The zero-order chi connectivity index (χ0) is 10.3. The third-order valence-electron chi connectivity index (χ3n) is 1.56. The first-order valence-electron chi connectivity index (χ1n) is 4.76. The van der Waals surface area contributed by atoms with Crippen molar-refractivity contribution in [3.63, 3.8) is 0 Å². The van der Waals surface area contributed by atoms with Crippen LogP contribution in [0.5, 0.6) is 0 Å². The van der Waals surface area contributed by atoms with E-state index in [1.165, 1.54) is 0 Å². The van der Waals surface area contributed by atoms with Crippen molar-refractivity contribution in [2.45, 2.75) is 45.9 Å². The normalized spacial score (nSPS) is 14.1. The zero-order valence-electron chi connectivity index (χ0n) is 9.04. The molecule has 0 spiro atoms. The molecular formula is C9H22NO2P. The monoisotopic (exact) mass is 207 g/mol. The summed E-state index contributed by atoms with van der Waals surface area (Å²) in [4.78, 5) is 0. The fourth-order valence-electron chi connectivity index (χ4n) is 0.813. The van der Waals surface area contributed by atoms with E-state index in [4.69, 9.17) is 9.26 Å². The Morgan fingerprint density at radius 2 is 1.85 bits per heavy atom. The lowest BCUT2D eigenvalue weighted by Crippen LogP contribution is -2.35. The van der Waals surface area contributed by atoms with Gasteiger partial charge in [-0.05, 0) is 13.8 Å². The summed E-state index contributed by atoms with van der Waals surface area (Å²) in [7, 11) is 2.29. The molecular weight excluding hydrogens is 185 g/mol. The van der Waals surface area contributed by atoms with E-state index >= 15 is 0 Å². The van der Waals surface area contributed by atoms with Gasteiger partial charge in [0, 0.05) is 22.1 Å². The van der Waals surface area contributed by atoms with Crippen molar-refractivity contribution in [2.75, 3.05) is 13.2 Å². The molecule has 2 unspecified atom stereocenters. The van der Waals surface area contributed by atoms with Crippen molar-refractivity contribution >= 4 is 9.47 Å². The summed E-state index contributed by atoms with van der Waals surface area (Å²) < 4.78 is 10.6. The molecule has 13 heavy (non-hydrogen) atoms. The Bertz CT molecular complexity index is 108. The van der Waals surface area contributed by atoms with Crippen LogP contribution in [-0.2, 0) is 9.26 Å². The van der Waals surface area contributed by atoms with Crippen LogP contribution in [0.25, 0.3) is 0 Å². The molecule has 0 saturated carbocycles. The highest BCUT2D eigenvalue weighted by Gasteiger charge is 2.08. The molecule has 0 aromatic rings. The number of rotatable bonds is 7. The molecule has 0 aromatic carbocycles. The average molecular weight is 207 g/mol. The number of ether oxygens (including phenoxy) is 1. The Morgan fingerprint density at radius 1 is 1.23 bits per heavy atom. The third-order valence-corrected chi connectivity index (χ3v) is 1.95. The van der Waals surface area contributed by atoms with E-state index in [0.29, 0.717) is 12.6 Å². The summed E-state index contributed by atoms with van der Waals surface area (Å²) in [5.41, 5.74) is 0. The van der Waals surface area contributed by atoms with Crippen LogP contribution < -0.4 is 5.32 Å². The molecule has 0 heterocycles. The largest absolute Gasteiger partial charge is 0.376 e. The van der Waals surface area contributed by atoms with Crippen molar-refractivity contribution in [3.8, 4) is 0 Å². The standard InChI is InChI=1S/C9H22NO2P/c1-7(2)10-5-9(12-13)6-11-8(3)4/h7-10H,5-6,13H2,1-4H3. The summed E-state index contributed by atoms with van der Waals surface area (Å²) in [6.45, 7) is 9.74. The first-order chi connectivity index (χ1) is 6.06. The smallest absolute Gasteiger partial charge is 0.0968 e. The molecule has 3 nitrogen and oxygen atoms in total. The summed E-state index contributed by atoms with van der Waals surface area (Å²) in [6.07, 6.45) is 0.386. The maximum Gasteiger partial charge on any atom is 0.0968 e. The Hall–Kier alpha value is 0.310. The van der Waals surface area contributed by atoms with Gasteiger partial charge in [-0.15, -0.1) is 0 Å². The summed E-state index contributed by atoms with van der Waals surface area (Å²) in [5.74, 6) is 0. The molecule has 0 fully saturated rings. The Labute approximate surface area is 83.9 Å². The molecule has 0 rings (SSSR count). The van der Waals surface area contributed by atoms with Crippen molar-refractivity contribution in [3.05, 3.63) is 0 Å². The Morgan fingerprint density at radius 3 is 2.23 bits per heavy atom. The van der Waals surface area contributed by atoms with Gasteiger partial charge in [-0.2, -0.15) is 0 Å². The molecule has 4 heteroatoms. The minimum Gasteiger partial charge on any atom is -0.376 e. The van der Waals surface area contributed by atoms with Crippen LogP contribution in [0.4, 0.5) is 0 Å². The average Bonchev–Trinajstić information content (AvgIpc) is 2.04. The van der Waals surface area contributed by atoms with Gasteiger partial charge in [0.1, 0.15) is 0 Å². The van der Waals surface area contributed by atoms with Crippen LogP contribution in [0.15, 0.2) is 0 Å². The molecule has 0 aliphatic rings. The second-order valence-electron chi connectivity index (χ2n) is 3.70. The van der Waals surface area contributed by atoms with E-state index in [1.54, 1.807) is 0 Å². The molecule has 0 saturated heterocycles. The SMILES string of the molecule is CC(C)NCC(COC(C)C)OP. The molecule has 2 atom stereocenters. The highest BCUT2D eigenvalue weighted by atomic mass is 31.0. The molecule has 0 radical (unpaired) electrons. The van der Waals surface area contributed by atoms with E-state index in [1.807, 2.05) is 13.8 Å². The first kappa shape index (κ1) is 13.3. The quantitative estimate of drug-likeness (QED) is 0.643. The summed E-state index contributed by atoms with van der Waals surface area (Å²) in [5, 5.41) is 3.30. The molecule has 0 amide bonds. The van der Waals surface area contributed by atoms with Gasteiger partial charge < -0.3 is 14.6 Å². The minimum atomic E-state index is 0.120. The van der Waals surface area contributed by atoms with Crippen LogP contribution in [0.3, 0.4) is 0 Å². The van der Waals surface area contributed by atoms with Gasteiger partial charge in [-0.3, -0.25) is 0 Å². The molecule has 0 bridgehead atoms. The van der Waals surface area contributed by atoms with Gasteiger partial charge >= 0.3 is 0 Å². The van der Waals surface area contributed by atoms with Crippen LogP contribution in [-0.4, -0.2) is 31.4 Å². The molecule has 0 aromatic heterocycles. The van der Waals surface area contributed by atoms with Crippen molar-refractivity contribution in [1.29, 1.82) is 0 Å². The lowest BCUT2D eigenvalue weighted by molar-refractivity contribution is 0.0226. The van der Waals surface area contributed by atoms with Gasteiger partial charge in [0.2, 0.25) is 0 Å². The van der Waals surface area contributed by atoms with E-state index in [2.05, 4.69) is 28.6 Å². The number of hydrogen-bond donors (Lipinski definition) is 1. The van der Waals surface area contributed by atoms with Crippen LogP contribution in [0.2, 0.25) is 0 Å². The summed E-state index contributed by atoms with van der Waals surface area (Å²) >= 11 is 0. The second kappa shape index (κ2) is 7.69. The van der Waals surface area contributed by atoms with Gasteiger partial charge in [-0.1, -0.05) is 13.8 Å². The molecule has 0 aliphatic carbocycles. The van der Waals surface area contributed by atoms with Crippen molar-refractivity contribution in [2.24, 2.45) is 0 Å². The van der Waals surface area contributed by atoms with E-state index < -0.39 is 0 Å². The third kappa shape index (κ3) is 8.63. The predicted molar refractivity (Wildman–Crippen MR) is 58.8 cm³/mol. The van der Waals surface area contributed by atoms with Crippen LogP contribution in [0.1, 0.15) is 27.7 Å². The molecule has 80 valence electrons. The topological polar surface area (TPSA) is 30.5 Å². The summed E-state index contributed by atoms with van der Waals surface area (Å²) in [6, 6.07) is 0.488. The maximum atomic E-state index is 5.45. The minimum absolute atomic E-state index is 0.120. The zero-order valence-corrected chi connectivity index (χ0v) is 10.2. The van der Waals surface area contributed by atoms with Gasteiger partial charge in [0.05, 0.1) is 18.8 Å². The first-order valence-corrected chi connectivity index (χ1v) is 5.24. The second-order valence-corrected chi connectivity index (χ2v) is 3.98. The molecule has 1 N–H and O–H groups in total. The van der Waals surface area contributed by atoms with Crippen LogP contribution in [0, 0.1) is 0 Å². The fraction of sp³-hybridized carbons (Fsp3) is 1.00.